The van der Waals surface area contributed by atoms with E-state index in [0.29, 0.717) is 12.3 Å². The van der Waals surface area contributed by atoms with Crippen molar-refractivity contribution in [3.05, 3.63) is 34.3 Å². The lowest BCUT2D eigenvalue weighted by atomic mass is 9.94. The Morgan fingerprint density at radius 3 is 2.53 bits per heavy atom. The summed E-state index contributed by atoms with van der Waals surface area (Å²) < 4.78 is 0.970. The van der Waals surface area contributed by atoms with E-state index < -0.39 is 0 Å². The Morgan fingerprint density at radius 1 is 1.33 bits per heavy atom. The average molecular weight is 269 g/mol. The molecule has 0 aliphatic rings. The van der Waals surface area contributed by atoms with Gasteiger partial charge in [-0.05, 0) is 18.1 Å². The van der Waals surface area contributed by atoms with Crippen LogP contribution >= 0.6 is 15.9 Å². The molecule has 1 nitrogen and oxygen atoms in total. The van der Waals surface area contributed by atoms with Gasteiger partial charge in [0.15, 0.2) is 5.78 Å². The van der Waals surface area contributed by atoms with Crippen LogP contribution in [0.15, 0.2) is 28.7 Å². The molecule has 1 aromatic rings. The Labute approximate surface area is 100 Å². The summed E-state index contributed by atoms with van der Waals surface area (Å²) in [5.74, 6) is 0.779. The minimum atomic E-state index is 0.255. The zero-order valence-electron chi connectivity index (χ0n) is 9.29. The molecular weight excluding hydrogens is 252 g/mol. The Balaban J connectivity index is 2.68. The molecule has 15 heavy (non-hydrogen) atoms. The van der Waals surface area contributed by atoms with Crippen molar-refractivity contribution in [3.63, 3.8) is 0 Å². The molecule has 0 atom stereocenters. The Kier molecular flexibility index (Phi) is 5.03. The van der Waals surface area contributed by atoms with E-state index in [1.165, 1.54) is 0 Å². The molecule has 0 bridgehead atoms. The van der Waals surface area contributed by atoms with E-state index in [0.717, 1.165) is 22.9 Å². The van der Waals surface area contributed by atoms with Crippen LogP contribution in [-0.2, 0) is 0 Å². The smallest absolute Gasteiger partial charge is 0.163 e. The summed E-state index contributed by atoms with van der Waals surface area (Å²) in [6.45, 7) is 4.28. The number of rotatable bonds is 5. The summed E-state index contributed by atoms with van der Waals surface area (Å²) in [5.41, 5.74) is 0.816. The molecule has 1 rings (SSSR count). The quantitative estimate of drug-likeness (QED) is 0.721. The van der Waals surface area contributed by atoms with Crippen molar-refractivity contribution in [2.45, 2.75) is 33.1 Å². The molecule has 0 aliphatic heterocycles. The molecule has 0 spiro atoms. The first kappa shape index (κ1) is 12.4. The highest BCUT2D eigenvalue weighted by molar-refractivity contribution is 9.10. The van der Waals surface area contributed by atoms with Gasteiger partial charge in [-0.25, -0.2) is 0 Å². The van der Waals surface area contributed by atoms with E-state index in [9.17, 15) is 4.79 Å². The van der Waals surface area contributed by atoms with Crippen LogP contribution in [-0.4, -0.2) is 5.78 Å². The number of carbonyl (C=O) groups is 1. The number of ketones is 1. The van der Waals surface area contributed by atoms with Gasteiger partial charge in [-0.1, -0.05) is 54.8 Å². The van der Waals surface area contributed by atoms with Gasteiger partial charge in [0.25, 0.3) is 0 Å². The minimum Gasteiger partial charge on any atom is -0.294 e. The summed E-state index contributed by atoms with van der Waals surface area (Å²) in [6.07, 6.45) is 2.83. The van der Waals surface area contributed by atoms with E-state index >= 15 is 0 Å². The van der Waals surface area contributed by atoms with Gasteiger partial charge in [0.05, 0.1) is 0 Å². The molecule has 82 valence electrons. The van der Waals surface area contributed by atoms with Crippen molar-refractivity contribution in [1.29, 1.82) is 0 Å². The predicted molar refractivity (Wildman–Crippen MR) is 67.2 cm³/mol. The second kappa shape index (κ2) is 6.06. The van der Waals surface area contributed by atoms with E-state index in [2.05, 4.69) is 29.8 Å². The van der Waals surface area contributed by atoms with Crippen molar-refractivity contribution in [3.8, 4) is 0 Å². The first-order valence-electron chi connectivity index (χ1n) is 5.46. The van der Waals surface area contributed by atoms with E-state index in [4.69, 9.17) is 0 Å². The number of halogens is 1. The van der Waals surface area contributed by atoms with Crippen molar-refractivity contribution in [1.82, 2.24) is 0 Å². The highest BCUT2D eigenvalue weighted by Gasteiger charge is 2.12. The van der Waals surface area contributed by atoms with Crippen LogP contribution in [0, 0.1) is 5.92 Å². The molecule has 0 N–H and O–H groups in total. The van der Waals surface area contributed by atoms with Crippen LogP contribution in [0.1, 0.15) is 43.5 Å². The van der Waals surface area contributed by atoms with Crippen molar-refractivity contribution < 1.29 is 4.79 Å². The van der Waals surface area contributed by atoms with E-state index in [1.807, 2.05) is 24.3 Å². The summed E-state index contributed by atoms with van der Waals surface area (Å²) in [4.78, 5) is 11.9. The Morgan fingerprint density at radius 2 is 2.00 bits per heavy atom. The molecule has 0 unspecified atom stereocenters. The Hall–Kier alpha value is -0.630. The van der Waals surface area contributed by atoms with Crippen LogP contribution in [0.3, 0.4) is 0 Å². The second-order valence-corrected chi connectivity index (χ2v) is 4.74. The molecule has 2 heteroatoms. The van der Waals surface area contributed by atoms with Gasteiger partial charge < -0.3 is 0 Å². The maximum Gasteiger partial charge on any atom is 0.163 e. The fourth-order valence-electron chi connectivity index (χ4n) is 1.62. The minimum absolute atomic E-state index is 0.255. The lowest BCUT2D eigenvalue weighted by Crippen LogP contribution is -2.07. The molecule has 0 aromatic heterocycles. The highest BCUT2D eigenvalue weighted by atomic mass is 79.9. The Bertz CT molecular complexity index is 329. The molecular formula is C13H17BrO. The van der Waals surface area contributed by atoms with Gasteiger partial charge >= 0.3 is 0 Å². The topological polar surface area (TPSA) is 17.1 Å². The zero-order chi connectivity index (χ0) is 11.3. The standard InChI is InChI=1S/C13H17BrO/c1-3-10(4-2)8-13(15)11-6-5-7-12(14)9-11/h5-7,9-10H,3-4,8H2,1-2H3. The number of hydrogen-bond acceptors (Lipinski definition) is 1. The summed E-state index contributed by atoms with van der Waals surface area (Å²) in [5, 5.41) is 0. The molecule has 0 radical (unpaired) electrons. The van der Waals surface area contributed by atoms with Crippen LogP contribution in [0.25, 0.3) is 0 Å². The van der Waals surface area contributed by atoms with Crippen molar-refractivity contribution >= 4 is 21.7 Å². The predicted octanol–water partition coefficient (Wildman–Crippen LogP) is 4.46. The molecule has 0 heterocycles. The third kappa shape index (κ3) is 3.78. The van der Waals surface area contributed by atoms with E-state index in [1.54, 1.807) is 0 Å². The monoisotopic (exact) mass is 268 g/mol. The molecule has 0 saturated carbocycles. The molecule has 0 amide bonds. The summed E-state index contributed by atoms with van der Waals surface area (Å²) in [6, 6.07) is 7.62. The fraction of sp³-hybridized carbons (Fsp3) is 0.462. The number of hydrogen-bond donors (Lipinski definition) is 0. The number of Topliss-reactive ketones (excluding diaryl/α,β-unsaturated/α-hetero) is 1. The number of benzene rings is 1. The highest BCUT2D eigenvalue weighted by Crippen LogP contribution is 2.18. The molecule has 1 aromatic carbocycles. The van der Waals surface area contributed by atoms with E-state index in [-0.39, 0.29) is 5.78 Å². The summed E-state index contributed by atoms with van der Waals surface area (Å²) >= 11 is 3.38. The van der Waals surface area contributed by atoms with Crippen molar-refractivity contribution in [2.75, 3.05) is 0 Å². The van der Waals surface area contributed by atoms with Gasteiger partial charge in [0.2, 0.25) is 0 Å². The second-order valence-electron chi connectivity index (χ2n) is 3.82. The van der Waals surface area contributed by atoms with Gasteiger partial charge in [0.1, 0.15) is 0 Å². The molecule has 0 saturated heterocycles. The lowest BCUT2D eigenvalue weighted by Gasteiger charge is -2.10. The zero-order valence-corrected chi connectivity index (χ0v) is 10.9. The third-order valence-electron chi connectivity index (χ3n) is 2.78. The van der Waals surface area contributed by atoms with Crippen molar-refractivity contribution in [2.24, 2.45) is 5.92 Å². The summed E-state index contributed by atoms with van der Waals surface area (Å²) in [7, 11) is 0. The third-order valence-corrected chi connectivity index (χ3v) is 3.27. The maximum absolute atomic E-state index is 11.9. The fourth-order valence-corrected chi connectivity index (χ4v) is 2.02. The van der Waals surface area contributed by atoms with Crippen LogP contribution in [0.5, 0.6) is 0 Å². The molecule has 0 aliphatic carbocycles. The van der Waals surface area contributed by atoms with Gasteiger partial charge in [0, 0.05) is 16.5 Å². The first-order valence-corrected chi connectivity index (χ1v) is 6.25. The first-order chi connectivity index (χ1) is 7.17. The largest absolute Gasteiger partial charge is 0.294 e. The van der Waals surface area contributed by atoms with Gasteiger partial charge in [-0.3, -0.25) is 4.79 Å². The van der Waals surface area contributed by atoms with Crippen LogP contribution < -0.4 is 0 Å². The normalized spacial score (nSPS) is 10.7. The molecule has 0 fully saturated rings. The maximum atomic E-state index is 11.9. The number of carbonyl (C=O) groups excluding carboxylic acids is 1. The SMILES string of the molecule is CCC(CC)CC(=O)c1cccc(Br)c1. The van der Waals surface area contributed by atoms with Crippen LogP contribution in [0.2, 0.25) is 0 Å². The lowest BCUT2D eigenvalue weighted by molar-refractivity contribution is 0.0958. The van der Waals surface area contributed by atoms with Gasteiger partial charge in [-0.2, -0.15) is 0 Å². The van der Waals surface area contributed by atoms with Crippen LogP contribution in [0.4, 0.5) is 0 Å². The average Bonchev–Trinajstić information content (AvgIpc) is 2.25. The van der Waals surface area contributed by atoms with Gasteiger partial charge in [-0.15, -0.1) is 0 Å².